The summed E-state index contributed by atoms with van der Waals surface area (Å²) in [5.41, 5.74) is 0. The second-order valence-electron chi connectivity index (χ2n) is 6.29. The molecule has 0 aromatic rings. The molecule has 88 valence electrons. The summed E-state index contributed by atoms with van der Waals surface area (Å²) in [6.07, 6.45) is 7.47. The van der Waals surface area contributed by atoms with Gasteiger partial charge in [-0.2, -0.15) is 0 Å². The quantitative estimate of drug-likeness (QED) is 0.615. The van der Waals surface area contributed by atoms with Crippen LogP contribution in [0.4, 0.5) is 0 Å². The molecule has 0 nitrogen and oxygen atoms in total. The summed E-state index contributed by atoms with van der Waals surface area (Å²) in [4.78, 5) is 0. The van der Waals surface area contributed by atoms with Gasteiger partial charge in [0.05, 0.1) is 0 Å². The van der Waals surface area contributed by atoms with E-state index in [0.717, 1.165) is 35.5 Å². The zero-order chi connectivity index (χ0) is 11.0. The maximum Gasteiger partial charge on any atom is -0.0355 e. The van der Waals surface area contributed by atoms with Crippen LogP contribution in [0.15, 0.2) is 0 Å². The van der Waals surface area contributed by atoms with Crippen LogP contribution in [-0.4, -0.2) is 0 Å². The summed E-state index contributed by atoms with van der Waals surface area (Å²) in [6, 6.07) is 0. The molecule has 6 atom stereocenters. The number of hydrogen-bond donors (Lipinski definition) is 0. The van der Waals surface area contributed by atoms with Crippen LogP contribution in [0.3, 0.4) is 0 Å². The highest BCUT2D eigenvalue weighted by Gasteiger charge is 2.44. The largest absolute Gasteiger partial charge is 0.0651 e. The van der Waals surface area contributed by atoms with Gasteiger partial charge in [-0.3, -0.25) is 0 Å². The van der Waals surface area contributed by atoms with Crippen LogP contribution < -0.4 is 0 Å². The molecule has 2 rings (SSSR count). The molecule has 0 heterocycles. The monoisotopic (exact) mass is 208 g/mol. The molecule has 0 aliphatic heterocycles. The fourth-order valence-electron chi connectivity index (χ4n) is 4.49. The Morgan fingerprint density at radius 3 is 2.20 bits per heavy atom. The molecule has 0 bridgehead atoms. The lowest BCUT2D eigenvalue weighted by Crippen LogP contribution is -2.34. The first-order valence-corrected chi connectivity index (χ1v) is 7.17. The zero-order valence-electron chi connectivity index (χ0n) is 11.0. The normalized spacial score (nSPS) is 50.4. The average molecular weight is 208 g/mol. The topological polar surface area (TPSA) is 0 Å². The van der Waals surface area contributed by atoms with Crippen molar-refractivity contribution in [1.29, 1.82) is 0 Å². The third-order valence-corrected chi connectivity index (χ3v) is 5.80. The highest BCUT2D eigenvalue weighted by atomic mass is 14.5. The molecule has 0 spiro atoms. The van der Waals surface area contributed by atoms with Crippen molar-refractivity contribution in [2.24, 2.45) is 35.5 Å². The van der Waals surface area contributed by atoms with Crippen LogP contribution in [0.5, 0.6) is 0 Å². The molecule has 2 fully saturated rings. The lowest BCUT2D eigenvalue weighted by atomic mass is 9.63. The van der Waals surface area contributed by atoms with E-state index >= 15 is 0 Å². The zero-order valence-corrected chi connectivity index (χ0v) is 11.0. The molecule has 2 saturated carbocycles. The Morgan fingerprint density at radius 2 is 1.60 bits per heavy atom. The van der Waals surface area contributed by atoms with Crippen molar-refractivity contribution in [3.8, 4) is 0 Å². The standard InChI is InChI=1S/C15H28/c1-5-12-7-14-9-13(6-2)10(3)11(4)15(14)8-12/h10-15H,5-9H2,1-4H3. The van der Waals surface area contributed by atoms with Crippen LogP contribution in [0.2, 0.25) is 0 Å². The van der Waals surface area contributed by atoms with E-state index in [9.17, 15) is 0 Å². The summed E-state index contributed by atoms with van der Waals surface area (Å²) in [5, 5.41) is 0. The lowest BCUT2D eigenvalue weighted by Gasteiger charge is -2.42. The minimum absolute atomic E-state index is 0.979. The maximum atomic E-state index is 2.53. The summed E-state index contributed by atoms with van der Waals surface area (Å²) in [6.45, 7) is 9.81. The summed E-state index contributed by atoms with van der Waals surface area (Å²) < 4.78 is 0. The highest BCUT2D eigenvalue weighted by Crippen LogP contribution is 2.52. The van der Waals surface area contributed by atoms with Crippen LogP contribution in [0, 0.1) is 35.5 Å². The molecule has 0 aromatic heterocycles. The highest BCUT2D eigenvalue weighted by molar-refractivity contribution is 4.93. The maximum absolute atomic E-state index is 2.53. The Labute approximate surface area is 95.8 Å². The van der Waals surface area contributed by atoms with Crippen molar-refractivity contribution in [2.45, 2.75) is 59.8 Å². The molecule has 0 heteroatoms. The van der Waals surface area contributed by atoms with Gasteiger partial charge in [0.15, 0.2) is 0 Å². The Morgan fingerprint density at radius 1 is 0.867 bits per heavy atom. The predicted molar refractivity (Wildman–Crippen MR) is 66.7 cm³/mol. The van der Waals surface area contributed by atoms with E-state index in [4.69, 9.17) is 0 Å². The second-order valence-corrected chi connectivity index (χ2v) is 6.29. The third-order valence-electron chi connectivity index (χ3n) is 5.80. The molecular formula is C15H28. The molecule has 15 heavy (non-hydrogen) atoms. The van der Waals surface area contributed by atoms with E-state index < -0.39 is 0 Å². The SMILES string of the molecule is CCC1CC2CC(CC)C(C)C(C)C2C1. The molecule has 0 amide bonds. The first-order valence-electron chi connectivity index (χ1n) is 7.17. The first kappa shape index (κ1) is 11.5. The van der Waals surface area contributed by atoms with Gasteiger partial charge in [-0.15, -0.1) is 0 Å². The van der Waals surface area contributed by atoms with E-state index in [-0.39, 0.29) is 0 Å². The van der Waals surface area contributed by atoms with Crippen molar-refractivity contribution in [2.75, 3.05) is 0 Å². The van der Waals surface area contributed by atoms with Gasteiger partial charge in [-0.25, -0.2) is 0 Å². The van der Waals surface area contributed by atoms with Crippen molar-refractivity contribution in [3.63, 3.8) is 0 Å². The van der Waals surface area contributed by atoms with Crippen molar-refractivity contribution in [3.05, 3.63) is 0 Å². The average Bonchev–Trinajstić information content (AvgIpc) is 2.66. The lowest BCUT2D eigenvalue weighted by molar-refractivity contribution is 0.0735. The summed E-state index contributed by atoms with van der Waals surface area (Å²) in [7, 11) is 0. The van der Waals surface area contributed by atoms with Gasteiger partial charge in [0.1, 0.15) is 0 Å². The molecule has 0 aromatic carbocycles. The van der Waals surface area contributed by atoms with Gasteiger partial charge in [-0.1, -0.05) is 40.5 Å². The number of fused-ring (bicyclic) bond motifs is 1. The minimum Gasteiger partial charge on any atom is -0.0651 e. The minimum atomic E-state index is 0.979. The molecule has 2 aliphatic carbocycles. The van der Waals surface area contributed by atoms with Crippen molar-refractivity contribution >= 4 is 0 Å². The number of hydrogen-bond acceptors (Lipinski definition) is 0. The molecular weight excluding hydrogens is 180 g/mol. The van der Waals surface area contributed by atoms with Crippen LogP contribution in [0.25, 0.3) is 0 Å². The Balaban J connectivity index is 2.06. The van der Waals surface area contributed by atoms with Crippen LogP contribution in [-0.2, 0) is 0 Å². The van der Waals surface area contributed by atoms with E-state index in [0.29, 0.717) is 0 Å². The fraction of sp³-hybridized carbons (Fsp3) is 1.00. The van der Waals surface area contributed by atoms with Crippen molar-refractivity contribution in [1.82, 2.24) is 0 Å². The van der Waals surface area contributed by atoms with Gasteiger partial charge in [0.2, 0.25) is 0 Å². The smallest absolute Gasteiger partial charge is 0.0355 e. The molecule has 2 aliphatic rings. The van der Waals surface area contributed by atoms with E-state index in [2.05, 4.69) is 27.7 Å². The van der Waals surface area contributed by atoms with E-state index in [1.54, 1.807) is 19.3 Å². The van der Waals surface area contributed by atoms with Gasteiger partial charge >= 0.3 is 0 Å². The van der Waals surface area contributed by atoms with Crippen LogP contribution >= 0.6 is 0 Å². The van der Waals surface area contributed by atoms with Gasteiger partial charge in [0.25, 0.3) is 0 Å². The molecule has 0 N–H and O–H groups in total. The number of rotatable bonds is 2. The van der Waals surface area contributed by atoms with Crippen LogP contribution in [0.1, 0.15) is 59.8 Å². The van der Waals surface area contributed by atoms with Gasteiger partial charge < -0.3 is 0 Å². The fourth-order valence-corrected chi connectivity index (χ4v) is 4.49. The third kappa shape index (κ3) is 1.97. The molecule has 0 saturated heterocycles. The summed E-state index contributed by atoms with van der Waals surface area (Å²) in [5.74, 6) is 6.22. The Kier molecular flexibility index (Phi) is 3.42. The van der Waals surface area contributed by atoms with Gasteiger partial charge in [0, 0.05) is 0 Å². The van der Waals surface area contributed by atoms with Crippen molar-refractivity contribution < 1.29 is 0 Å². The Hall–Kier alpha value is 0. The van der Waals surface area contributed by atoms with Gasteiger partial charge in [-0.05, 0) is 54.8 Å². The van der Waals surface area contributed by atoms with E-state index in [1.165, 1.54) is 12.8 Å². The molecule has 6 unspecified atom stereocenters. The predicted octanol–water partition coefficient (Wildman–Crippen LogP) is 4.74. The van der Waals surface area contributed by atoms with E-state index in [1.807, 2.05) is 0 Å². The second kappa shape index (κ2) is 4.47. The first-order chi connectivity index (χ1) is 7.17. The Bertz CT molecular complexity index is 208. The molecule has 0 radical (unpaired) electrons. The summed E-state index contributed by atoms with van der Waals surface area (Å²) >= 11 is 0.